The number of carbonyl (C=O) groups excluding carboxylic acids is 2. The van der Waals surface area contributed by atoms with Crippen LogP contribution in [0.25, 0.3) is 11.1 Å². The van der Waals surface area contributed by atoms with Crippen LogP contribution in [0.1, 0.15) is 5.56 Å². The molecule has 0 bridgehead atoms. The van der Waals surface area contributed by atoms with Crippen molar-refractivity contribution in [2.24, 2.45) is 0 Å². The lowest BCUT2D eigenvalue weighted by molar-refractivity contribution is -0.128. The zero-order valence-electron chi connectivity index (χ0n) is 12.2. The lowest BCUT2D eigenvalue weighted by Gasteiger charge is -2.26. The zero-order chi connectivity index (χ0) is 16.2. The maximum absolute atomic E-state index is 13.7. The average molecular weight is 314 g/mol. The minimum absolute atomic E-state index is 0.0811. The van der Waals surface area contributed by atoms with E-state index in [0.29, 0.717) is 12.1 Å². The van der Waals surface area contributed by atoms with Gasteiger partial charge in [-0.05, 0) is 17.2 Å². The number of benzene rings is 2. The maximum atomic E-state index is 13.7. The monoisotopic (exact) mass is 314 g/mol. The molecule has 1 atom stereocenters. The Morgan fingerprint density at radius 1 is 1.22 bits per heavy atom. The van der Waals surface area contributed by atoms with Gasteiger partial charge in [0.15, 0.2) is 0 Å². The number of carbonyl (C=O) groups is 2. The SMILES string of the molecule is O=C(NC1CNC1=O)OCc1ccc(-c2ccccc2F)cc1. The van der Waals surface area contributed by atoms with E-state index in [0.717, 1.165) is 11.1 Å². The van der Waals surface area contributed by atoms with Crippen molar-refractivity contribution in [3.05, 3.63) is 59.9 Å². The summed E-state index contributed by atoms with van der Waals surface area (Å²) in [6.45, 7) is 0.503. The molecular weight excluding hydrogens is 299 g/mol. The van der Waals surface area contributed by atoms with Crippen molar-refractivity contribution in [3.63, 3.8) is 0 Å². The first-order valence-electron chi connectivity index (χ1n) is 7.18. The molecule has 23 heavy (non-hydrogen) atoms. The quantitative estimate of drug-likeness (QED) is 0.850. The Bertz CT molecular complexity index is 731. The molecule has 5 nitrogen and oxygen atoms in total. The van der Waals surface area contributed by atoms with Gasteiger partial charge in [0.05, 0.1) is 0 Å². The third-order valence-corrected chi connectivity index (χ3v) is 3.60. The summed E-state index contributed by atoms with van der Waals surface area (Å²) >= 11 is 0. The van der Waals surface area contributed by atoms with Gasteiger partial charge in [0.25, 0.3) is 0 Å². The van der Waals surface area contributed by atoms with E-state index >= 15 is 0 Å². The summed E-state index contributed by atoms with van der Waals surface area (Å²) < 4.78 is 18.8. The number of alkyl carbamates (subject to hydrolysis) is 1. The van der Waals surface area contributed by atoms with Crippen LogP contribution in [0.3, 0.4) is 0 Å². The first-order chi connectivity index (χ1) is 11.1. The van der Waals surface area contributed by atoms with Gasteiger partial charge in [-0.1, -0.05) is 42.5 Å². The van der Waals surface area contributed by atoms with E-state index in [4.69, 9.17) is 4.74 Å². The van der Waals surface area contributed by atoms with Gasteiger partial charge in [0.1, 0.15) is 18.5 Å². The van der Waals surface area contributed by atoms with Crippen LogP contribution in [0.2, 0.25) is 0 Å². The summed E-state index contributed by atoms with van der Waals surface area (Å²) in [5.74, 6) is -0.495. The van der Waals surface area contributed by atoms with Gasteiger partial charge in [-0.15, -0.1) is 0 Å². The highest BCUT2D eigenvalue weighted by molar-refractivity contribution is 5.90. The summed E-state index contributed by atoms with van der Waals surface area (Å²) in [5, 5.41) is 4.98. The predicted molar refractivity (Wildman–Crippen MR) is 82.0 cm³/mol. The Balaban J connectivity index is 1.56. The van der Waals surface area contributed by atoms with E-state index in [1.54, 1.807) is 42.5 Å². The Kier molecular flexibility index (Phi) is 4.23. The van der Waals surface area contributed by atoms with Crippen molar-refractivity contribution in [2.75, 3.05) is 6.54 Å². The molecule has 2 aromatic carbocycles. The summed E-state index contributed by atoms with van der Waals surface area (Å²) in [7, 11) is 0. The molecule has 1 fully saturated rings. The summed E-state index contributed by atoms with van der Waals surface area (Å²) in [5.41, 5.74) is 2.05. The van der Waals surface area contributed by atoms with Gasteiger partial charge in [-0.3, -0.25) is 4.79 Å². The Labute approximate surface area is 132 Å². The molecule has 0 saturated carbocycles. The first kappa shape index (κ1) is 15.0. The van der Waals surface area contributed by atoms with Crippen molar-refractivity contribution in [1.29, 1.82) is 0 Å². The minimum atomic E-state index is -0.636. The molecule has 6 heteroatoms. The number of nitrogens with one attached hydrogen (secondary N) is 2. The predicted octanol–water partition coefficient (Wildman–Crippen LogP) is 2.22. The number of halogens is 1. The molecule has 118 valence electrons. The molecule has 1 aliphatic heterocycles. The summed E-state index contributed by atoms with van der Waals surface area (Å²) in [6.07, 6.45) is -0.636. The van der Waals surface area contributed by atoms with Crippen LogP contribution in [-0.2, 0) is 16.1 Å². The Hall–Kier alpha value is -2.89. The Morgan fingerprint density at radius 2 is 1.96 bits per heavy atom. The lowest BCUT2D eigenvalue weighted by Crippen LogP contribution is -2.61. The lowest BCUT2D eigenvalue weighted by atomic mass is 10.0. The number of hydrogen-bond donors (Lipinski definition) is 2. The Morgan fingerprint density at radius 3 is 2.57 bits per heavy atom. The average Bonchev–Trinajstić information content (AvgIpc) is 2.57. The molecule has 1 unspecified atom stereocenters. The van der Waals surface area contributed by atoms with Gasteiger partial charge in [0.2, 0.25) is 5.91 Å². The van der Waals surface area contributed by atoms with Crippen molar-refractivity contribution < 1.29 is 18.7 Å². The second-order valence-electron chi connectivity index (χ2n) is 5.19. The number of rotatable bonds is 4. The highest BCUT2D eigenvalue weighted by Gasteiger charge is 2.29. The fourth-order valence-electron chi connectivity index (χ4n) is 2.21. The fraction of sp³-hybridized carbons (Fsp3) is 0.176. The molecule has 0 aromatic heterocycles. The van der Waals surface area contributed by atoms with Crippen LogP contribution in [0.5, 0.6) is 0 Å². The second-order valence-corrected chi connectivity index (χ2v) is 5.19. The number of amides is 2. The van der Waals surface area contributed by atoms with Gasteiger partial charge in [-0.2, -0.15) is 0 Å². The highest BCUT2D eigenvalue weighted by atomic mass is 19.1. The van der Waals surface area contributed by atoms with Crippen LogP contribution >= 0.6 is 0 Å². The largest absolute Gasteiger partial charge is 0.445 e. The van der Waals surface area contributed by atoms with Crippen molar-refractivity contribution in [3.8, 4) is 11.1 Å². The normalized spacial score (nSPS) is 16.2. The maximum Gasteiger partial charge on any atom is 0.408 e. The minimum Gasteiger partial charge on any atom is -0.445 e. The summed E-state index contributed by atoms with van der Waals surface area (Å²) in [6, 6.07) is 13.1. The molecular formula is C17H15FN2O3. The highest BCUT2D eigenvalue weighted by Crippen LogP contribution is 2.22. The van der Waals surface area contributed by atoms with Crippen LogP contribution in [0.4, 0.5) is 9.18 Å². The first-order valence-corrected chi connectivity index (χ1v) is 7.18. The van der Waals surface area contributed by atoms with Crippen LogP contribution in [0.15, 0.2) is 48.5 Å². The van der Waals surface area contributed by atoms with Gasteiger partial charge in [0, 0.05) is 12.1 Å². The smallest absolute Gasteiger partial charge is 0.408 e. The zero-order valence-corrected chi connectivity index (χ0v) is 12.2. The standard InChI is InChI=1S/C17H15FN2O3/c18-14-4-2-1-3-13(14)12-7-5-11(6-8-12)10-23-17(22)20-15-9-19-16(15)21/h1-8,15H,9-10H2,(H,19,21)(H,20,22). The topological polar surface area (TPSA) is 67.4 Å². The van der Waals surface area contributed by atoms with Crippen LogP contribution in [0, 0.1) is 5.82 Å². The third-order valence-electron chi connectivity index (χ3n) is 3.60. The van der Waals surface area contributed by atoms with Crippen molar-refractivity contribution in [1.82, 2.24) is 10.6 Å². The van der Waals surface area contributed by atoms with E-state index in [1.165, 1.54) is 6.07 Å². The number of hydrogen-bond acceptors (Lipinski definition) is 3. The number of ether oxygens (including phenoxy) is 1. The molecule has 3 rings (SSSR count). The van der Waals surface area contributed by atoms with Gasteiger partial charge < -0.3 is 15.4 Å². The van der Waals surface area contributed by atoms with E-state index in [1.807, 2.05) is 0 Å². The number of β-lactam (4-membered cyclic amide) rings is 1. The molecule has 0 spiro atoms. The molecule has 2 aromatic rings. The molecule has 2 N–H and O–H groups in total. The van der Waals surface area contributed by atoms with Crippen LogP contribution in [-0.4, -0.2) is 24.6 Å². The molecule has 1 saturated heterocycles. The second kappa shape index (κ2) is 6.48. The van der Waals surface area contributed by atoms with Gasteiger partial charge >= 0.3 is 6.09 Å². The molecule has 1 heterocycles. The third kappa shape index (κ3) is 3.48. The van der Waals surface area contributed by atoms with E-state index in [9.17, 15) is 14.0 Å². The molecule has 0 radical (unpaired) electrons. The molecule has 1 aliphatic rings. The van der Waals surface area contributed by atoms with Gasteiger partial charge in [-0.25, -0.2) is 9.18 Å². The van der Waals surface area contributed by atoms with E-state index in [-0.39, 0.29) is 18.3 Å². The fourth-order valence-corrected chi connectivity index (χ4v) is 2.21. The molecule has 2 amide bonds. The molecule has 0 aliphatic carbocycles. The summed E-state index contributed by atoms with van der Waals surface area (Å²) in [4.78, 5) is 22.6. The van der Waals surface area contributed by atoms with Crippen LogP contribution < -0.4 is 10.6 Å². The van der Waals surface area contributed by atoms with E-state index in [2.05, 4.69) is 10.6 Å². The van der Waals surface area contributed by atoms with Crippen molar-refractivity contribution in [2.45, 2.75) is 12.6 Å². The van der Waals surface area contributed by atoms with Crippen molar-refractivity contribution >= 4 is 12.0 Å². The van der Waals surface area contributed by atoms with E-state index < -0.39 is 12.1 Å².